The smallest absolute Gasteiger partial charge is 0.258 e. The summed E-state index contributed by atoms with van der Waals surface area (Å²) in [5, 5.41) is 19.2. The summed E-state index contributed by atoms with van der Waals surface area (Å²) in [6.07, 6.45) is 0. The van der Waals surface area contributed by atoms with E-state index in [9.17, 15) is 10.1 Å². The molecule has 4 heteroatoms. The summed E-state index contributed by atoms with van der Waals surface area (Å²) in [7, 11) is 0. The van der Waals surface area contributed by atoms with E-state index >= 15 is 0 Å². The van der Waals surface area contributed by atoms with Gasteiger partial charge in [-0.15, -0.1) is 0 Å². The van der Waals surface area contributed by atoms with Gasteiger partial charge in [-0.1, -0.05) is 18.2 Å². The summed E-state index contributed by atoms with van der Waals surface area (Å²) in [4.78, 5) is 10.1. The zero-order valence-electron chi connectivity index (χ0n) is 7.10. The van der Waals surface area contributed by atoms with Crippen molar-refractivity contribution in [3.63, 3.8) is 0 Å². The zero-order chi connectivity index (χ0) is 9.84. The van der Waals surface area contributed by atoms with Gasteiger partial charge in [0.2, 0.25) is 0 Å². The van der Waals surface area contributed by atoms with Crippen LogP contribution in [0.2, 0.25) is 0 Å². The Labute approximate surface area is 75.6 Å². The minimum atomic E-state index is -0.469. The third kappa shape index (κ3) is 1.82. The van der Waals surface area contributed by atoms with Gasteiger partial charge in [-0.25, -0.2) is 0 Å². The van der Waals surface area contributed by atoms with Gasteiger partial charge >= 0.3 is 0 Å². The Morgan fingerprint density at radius 1 is 1.54 bits per heavy atom. The van der Waals surface area contributed by atoms with Gasteiger partial charge in [-0.05, 0) is 6.92 Å². The van der Waals surface area contributed by atoms with E-state index in [1.54, 1.807) is 25.1 Å². The van der Waals surface area contributed by atoms with Crippen molar-refractivity contribution in [2.24, 2.45) is 0 Å². The van der Waals surface area contributed by atoms with Crippen molar-refractivity contribution >= 4 is 5.69 Å². The van der Waals surface area contributed by atoms with Gasteiger partial charge in [-0.3, -0.25) is 10.1 Å². The van der Waals surface area contributed by atoms with E-state index in [2.05, 4.69) is 0 Å². The number of nitrogens with zero attached hydrogens (tertiary/aromatic N) is 2. The molecule has 0 saturated heterocycles. The Morgan fingerprint density at radius 3 is 2.69 bits per heavy atom. The summed E-state index contributed by atoms with van der Waals surface area (Å²) >= 11 is 0. The fourth-order valence-corrected chi connectivity index (χ4v) is 1.09. The quantitative estimate of drug-likeness (QED) is 0.512. The molecule has 0 amide bonds. The number of nitro groups is 1. The molecule has 1 aromatic rings. The lowest BCUT2D eigenvalue weighted by atomic mass is 10.0. The first-order valence-electron chi connectivity index (χ1n) is 3.79. The molecular formula is C9H8N2O2. The molecule has 0 bridgehead atoms. The van der Waals surface area contributed by atoms with Crippen molar-refractivity contribution < 1.29 is 4.92 Å². The molecule has 0 spiro atoms. The molecule has 0 heterocycles. The van der Waals surface area contributed by atoms with E-state index in [4.69, 9.17) is 5.26 Å². The van der Waals surface area contributed by atoms with Gasteiger partial charge in [0.05, 0.1) is 16.9 Å². The monoisotopic (exact) mass is 176 g/mol. The van der Waals surface area contributed by atoms with Crippen LogP contribution in [0.25, 0.3) is 0 Å². The maximum Gasteiger partial charge on any atom is 0.273 e. The number of rotatable bonds is 2. The summed E-state index contributed by atoms with van der Waals surface area (Å²) < 4.78 is 0. The molecule has 1 unspecified atom stereocenters. The van der Waals surface area contributed by atoms with E-state index in [0.29, 0.717) is 5.56 Å². The van der Waals surface area contributed by atoms with Crippen LogP contribution in [-0.4, -0.2) is 4.92 Å². The highest BCUT2D eigenvalue weighted by Gasteiger charge is 2.16. The number of nitriles is 1. The second-order valence-corrected chi connectivity index (χ2v) is 2.67. The van der Waals surface area contributed by atoms with Gasteiger partial charge in [0, 0.05) is 11.6 Å². The van der Waals surface area contributed by atoms with Crippen LogP contribution in [0.3, 0.4) is 0 Å². The Balaban J connectivity index is 3.21. The first-order chi connectivity index (χ1) is 6.16. The van der Waals surface area contributed by atoms with Gasteiger partial charge in [0.1, 0.15) is 0 Å². The largest absolute Gasteiger partial charge is 0.273 e. The summed E-state index contributed by atoms with van der Waals surface area (Å²) in [6, 6.07) is 8.26. The third-order valence-corrected chi connectivity index (χ3v) is 1.79. The highest BCUT2D eigenvalue weighted by atomic mass is 16.6. The predicted octanol–water partition coefficient (Wildman–Crippen LogP) is 2.22. The number of hydrogen-bond acceptors (Lipinski definition) is 3. The highest BCUT2D eigenvalue weighted by Crippen LogP contribution is 2.24. The van der Waals surface area contributed by atoms with Crippen molar-refractivity contribution in [1.82, 2.24) is 0 Å². The number of benzene rings is 1. The van der Waals surface area contributed by atoms with Crippen LogP contribution in [0.1, 0.15) is 18.4 Å². The van der Waals surface area contributed by atoms with Crippen molar-refractivity contribution in [3.05, 3.63) is 39.9 Å². The van der Waals surface area contributed by atoms with E-state index in [0.717, 1.165) is 0 Å². The molecule has 0 aliphatic rings. The first kappa shape index (κ1) is 9.20. The maximum atomic E-state index is 10.5. The second kappa shape index (κ2) is 3.68. The molecule has 0 fully saturated rings. The van der Waals surface area contributed by atoms with Crippen molar-refractivity contribution in [2.75, 3.05) is 0 Å². The molecule has 1 aromatic carbocycles. The van der Waals surface area contributed by atoms with Crippen LogP contribution < -0.4 is 0 Å². The molecule has 1 atom stereocenters. The fourth-order valence-electron chi connectivity index (χ4n) is 1.09. The minimum absolute atomic E-state index is 0.0107. The van der Waals surface area contributed by atoms with Gasteiger partial charge < -0.3 is 0 Å². The third-order valence-electron chi connectivity index (χ3n) is 1.79. The average molecular weight is 176 g/mol. The zero-order valence-corrected chi connectivity index (χ0v) is 7.10. The van der Waals surface area contributed by atoms with Crippen LogP contribution in [0.15, 0.2) is 24.3 Å². The van der Waals surface area contributed by atoms with Gasteiger partial charge in [0.25, 0.3) is 5.69 Å². The molecule has 0 aliphatic carbocycles. The van der Waals surface area contributed by atoms with E-state index in [1.807, 2.05) is 6.07 Å². The fraction of sp³-hybridized carbons (Fsp3) is 0.222. The molecule has 66 valence electrons. The van der Waals surface area contributed by atoms with Crippen LogP contribution in [-0.2, 0) is 0 Å². The topological polar surface area (TPSA) is 66.9 Å². The number of para-hydroxylation sites is 1. The number of nitro benzene ring substituents is 1. The molecular weight excluding hydrogens is 168 g/mol. The Bertz CT molecular complexity index is 368. The first-order valence-corrected chi connectivity index (χ1v) is 3.79. The summed E-state index contributed by atoms with van der Waals surface area (Å²) in [5.74, 6) is -0.443. The van der Waals surface area contributed by atoms with E-state index in [1.165, 1.54) is 6.07 Å². The van der Waals surface area contributed by atoms with Crippen molar-refractivity contribution in [3.8, 4) is 6.07 Å². The summed E-state index contributed by atoms with van der Waals surface area (Å²) in [6.45, 7) is 1.64. The molecule has 0 saturated carbocycles. The SMILES string of the molecule is CC(C#N)c1ccccc1[N+](=O)[O-]. The van der Waals surface area contributed by atoms with Crippen LogP contribution >= 0.6 is 0 Å². The molecule has 0 aliphatic heterocycles. The molecule has 0 N–H and O–H groups in total. The average Bonchev–Trinajstić information content (AvgIpc) is 2.16. The van der Waals surface area contributed by atoms with Crippen LogP contribution in [0, 0.1) is 21.4 Å². The van der Waals surface area contributed by atoms with Gasteiger partial charge in [-0.2, -0.15) is 5.26 Å². The number of hydrogen-bond donors (Lipinski definition) is 0. The normalized spacial score (nSPS) is 11.7. The Kier molecular flexibility index (Phi) is 2.60. The lowest BCUT2D eigenvalue weighted by Crippen LogP contribution is -1.97. The Hall–Kier alpha value is -1.89. The summed E-state index contributed by atoms with van der Waals surface area (Å²) in [5.41, 5.74) is 0.478. The van der Waals surface area contributed by atoms with Crippen molar-refractivity contribution in [2.45, 2.75) is 12.8 Å². The molecule has 0 radical (unpaired) electrons. The molecule has 4 nitrogen and oxygen atoms in total. The maximum absolute atomic E-state index is 10.5. The van der Waals surface area contributed by atoms with Crippen molar-refractivity contribution in [1.29, 1.82) is 5.26 Å². The van der Waals surface area contributed by atoms with E-state index < -0.39 is 10.8 Å². The predicted molar refractivity (Wildman–Crippen MR) is 47.1 cm³/mol. The second-order valence-electron chi connectivity index (χ2n) is 2.67. The van der Waals surface area contributed by atoms with Crippen LogP contribution in [0.5, 0.6) is 0 Å². The lowest BCUT2D eigenvalue weighted by Gasteiger charge is -2.02. The highest BCUT2D eigenvalue weighted by molar-refractivity contribution is 5.43. The van der Waals surface area contributed by atoms with Gasteiger partial charge in [0.15, 0.2) is 0 Å². The standard InChI is InChI=1S/C9H8N2O2/c1-7(6-10)8-4-2-3-5-9(8)11(12)13/h2-5,7H,1H3. The Morgan fingerprint density at radius 2 is 2.15 bits per heavy atom. The molecule has 1 rings (SSSR count). The molecule has 0 aromatic heterocycles. The lowest BCUT2D eigenvalue weighted by molar-refractivity contribution is -0.385. The minimum Gasteiger partial charge on any atom is -0.258 e. The van der Waals surface area contributed by atoms with Crippen LogP contribution in [0.4, 0.5) is 5.69 Å². The molecule has 13 heavy (non-hydrogen) atoms. The van der Waals surface area contributed by atoms with E-state index in [-0.39, 0.29) is 5.69 Å².